The molecule has 0 unspecified atom stereocenters. The van der Waals surface area contributed by atoms with E-state index in [9.17, 15) is 4.79 Å². The Morgan fingerprint density at radius 2 is 1.90 bits per heavy atom. The number of carbonyl (C=O) groups is 1. The van der Waals surface area contributed by atoms with E-state index in [1.807, 2.05) is 32.9 Å². The summed E-state index contributed by atoms with van der Waals surface area (Å²) in [7, 11) is 0. The maximum Gasteiger partial charge on any atom is 0.257 e. The Kier molecular flexibility index (Phi) is 4.81. The first kappa shape index (κ1) is 15.3. The van der Waals surface area contributed by atoms with Gasteiger partial charge in [-0.25, -0.2) is 0 Å². The number of nitrogens with one attached hydrogen (secondary N) is 2. The molecular weight excluding hydrogens is 286 g/mol. The van der Waals surface area contributed by atoms with Gasteiger partial charge in [-0.1, -0.05) is 11.6 Å². The molecule has 5 heteroatoms. The van der Waals surface area contributed by atoms with Crippen LogP contribution in [0.2, 0.25) is 5.02 Å². The van der Waals surface area contributed by atoms with Gasteiger partial charge < -0.3 is 10.6 Å². The highest BCUT2D eigenvalue weighted by atomic mass is 35.5. The highest BCUT2D eigenvalue weighted by Gasteiger charge is 2.13. The van der Waals surface area contributed by atoms with Crippen molar-refractivity contribution < 1.29 is 4.79 Å². The topological polar surface area (TPSA) is 54.0 Å². The van der Waals surface area contributed by atoms with E-state index in [4.69, 9.17) is 11.6 Å². The predicted octanol–water partition coefficient (Wildman–Crippen LogP) is 4.04. The number of pyridine rings is 1. The molecule has 0 bridgehead atoms. The van der Waals surface area contributed by atoms with E-state index in [1.54, 1.807) is 18.2 Å². The van der Waals surface area contributed by atoms with Crippen LogP contribution in [-0.2, 0) is 0 Å². The number of halogens is 1. The minimum atomic E-state index is -0.206. The number of rotatable bonds is 4. The first-order chi connectivity index (χ1) is 10.0. The average Bonchev–Trinajstić information content (AvgIpc) is 2.44. The molecule has 0 saturated heterocycles. The zero-order chi connectivity index (χ0) is 15.4. The van der Waals surface area contributed by atoms with Gasteiger partial charge in [0.1, 0.15) is 0 Å². The summed E-state index contributed by atoms with van der Waals surface area (Å²) in [5, 5.41) is 6.57. The van der Waals surface area contributed by atoms with Gasteiger partial charge >= 0.3 is 0 Å². The van der Waals surface area contributed by atoms with Crippen LogP contribution < -0.4 is 10.6 Å². The maximum absolute atomic E-state index is 12.5. The summed E-state index contributed by atoms with van der Waals surface area (Å²) in [6, 6.07) is 8.95. The molecule has 21 heavy (non-hydrogen) atoms. The number of hydrogen-bond acceptors (Lipinski definition) is 3. The lowest BCUT2D eigenvalue weighted by Crippen LogP contribution is -2.16. The lowest BCUT2D eigenvalue weighted by atomic mass is 10.1. The van der Waals surface area contributed by atoms with Crippen molar-refractivity contribution in [3.63, 3.8) is 0 Å². The number of hydrogen-bond donors (Lipinski definition) is 2. The van der Waals surface area contributed by atoms with Crippen LogP contribution in [0.5, 0.6) is 0 Å². The second-order valence-corrected chi connectivity index (χ2v) is 5.20. The number of aryl methyl sites for hydroxylation is 2. The SMILES string of the molecule is CCNc1ccc(Cl)cc1C(=O)Nc1ccc(C)nc1C. The van der Waals surface area contributed by atoms with Gasteiger partial charge in [0.05, 0.1) is 16.9 Å². The summed E-state index contributed by atoms with van der Waals surface area (Å²) in [4.78, 5) is 16.8. The zero-order valence-corrected chi connectivity index (χ0v) is 13.1. The highest BCUT2D eigenvalue weighted by molar-refractivity contribution is 6.31. The summed E-state index contributed by atoms with van der Waals surface area (Å²) in [6.45, 7) is 6.49. The number of anilines is 2. The quantitative estimate of drug-likeness (QED) is 0.896. The Morgan fingerprint density at radius 1 is 1.19 bits per heavy atom. The predicted molar refractivity (Wildman–Crippen MR) is 87.3 cm³/mol. The fourth-order valence-electron chi connectivity index (χ4n) is 2.06. The van der Waals surface area contributed by atoms with Crippen LogP contribution in [0, 0.1) is 13.8 Å². The molecule has 0 aliphatic heterocycles. The van der Waals surface area contributed by atoms with Crippen LogP contribution in [0.15, 0.2) is 30.3 Å². The summed E-state index contributed by atoms with van der Waals surface area (Å²) in [5.74, 6) is -0.206. The third kappa shape index (κ3) is 3.73. The van der Waals surface area contributed by atoms with Crippen LogP contribution in [0.4, 0.5) is 11.4 Å². The third-order valence-electron chi connectivity index (χ3n) is 3.07. The van der Waals surface area contributed by atoms with E-state index in [1.165, 1.54) is 0 Å². The molecule has 0 spiro atoms. The molecule has 2 rings (SSSR count). The molecule has 1 heterocycles. The molecule has 110 valence electrons. The van der Waals surface area contributed by atoms with E-state index in [-0.39, 0.29) is 5.91 Å². The lowest BCUT2D eigenvalue weighted by Gasteiger charge is -2.13. The number of amides is 1. The van der Waals surface area contributed by atoms with Crippen LogP contribution in [0.3, 0.4) is 0 Å². The Labute approximate surface area is 129 Å². The van der Waals surface area contributed by atoms with Crippen molar-refractivity contribution in [2.75, 3.05) is 17.2 Å². The Bertz CT molecular complexity index is 671. The minimum absolute atomic E-state index is 0.206. The van der Waals surface area contributed by atoms with Gasteiger partial charge in [-0.2, -0.15) is 0 Å². The van der Waals surface area contributed by atoms with E-state index in [0.717, 1.165) is 23.6 Å². The summed E-state index contributed by atoms with van der Waals surface area (Å²) < 4.78 is 0. The number of benzene rings is 1. The monoisotopic (exact) mass is 303 g/mol. The molecule has 1 aromatic carbocycles. The van der Waals surface area contributed by atoms with E-state index in [0.29, 0.717) is 16.3 Å². The van der Waals surface area contributed by atoms with Gasteiger partial charge in [0.15, 0.2) is 0 Å². The van der Waals surface area contributed by atoms with Crippen molar-refractivity contribution in [2.24, 2.45) is 0 Å². The van der Waals surface area contributed by atoms with Gasteiger partial charge in [0.25, 0.3) is 5.91 Å². The van der Waals surface area contributed by atoms with Crippen molar-refractivity contribution in [3.05, 3.63) is 52.3 Å². The summed E-state index contributed by atoms with van der Waals surface area (Å²) >= 11 is 6.00. The number of aromatic nitrogens is 1. The second kappa shape index (κ2) is 6.59. The molecule has 0 saturated carbocycles. The molecule has 1 amide bonds. The molecule has 0 radical (unpaired) electrons. The van der Waals surface area contributed by atoms with Gasteiger partial charge in [0.2, 0.25) is 0 Å². The van der Waals surface area contributed by atoms with Crippen molar-refractivity contribution in [1.82, 2.24) is 4.98 Å². The number of carbonyl (C=O) groups excluding carboxylic acids is 1. The van der Waals surface area contributed by atoms with E-state index >= 15 is 0 Å². The highest BCUT2D eigenvalue weighted by Crippen LogP contribution is 2.22. The Morgan fingerprint density at radius 3 is 2.57 bits per heavy atom. The van der Waals surface area contributed by atoms with Crippen molar-refractivity contribution in [2.45, 2.75) is 20.8 Å². The van der Waals surface area contributed by atoms with Crippen LogP contribution in [0.1, 0.15) is 28.7 Å². The molecule has 2 aromatic rings. The van der Waals surface area contributed by atoms with E-state index in [2.05, 4.69) is 15.6 Å². The van der Waals surface area contributed by atoms with Gasteiger partial charge in [-0.3, -0.25) is 9.78 Å². The third-order valence-corrected chi connectivity index (χ3v) is 3.30. The zero-order valence-electron chi connectivity index (χ0n) is 12.3. The van der Waals surface area contributed by atoms with Crippen LogP contribution in [-0.4, -0.2) is 17.4 Å². The molecule has 0 atom stereocenters. The first-order valence-corrected chi connectivity index (χ1v) is 7.18. The normalized spacial score (nSPS) is 10.3. The van der Waals surface area contributed by atoms with Crippen molar-refractivity contribution in [1.29, 1.82) is 0 Å². The van der Waals surface area contributed by atoms with Crippen LogP contribution >= 0.6 is 11.6 Å². The maximum atomic E-state index is 12.5. The molecule has 2 N–H and O–H groups in total. The van der Waals surface area contributed by atoms with Crippen LogP contribution in [0.25, 0.3) is 0 Å². The standard InChI is InChI=1S/C16H18ClN3O/c1-4-18-15-8-6-12(17)9-13(15)16(21)20-14-7-5-10(2)19-11(14)3/h5-9,18H,4H2,1-3H3,(H,20,21). The molecule has 0 aliphatic rings. The lowest BCUT2D eigenvalue weighted by molar-refractivity contribution is 0.102. The molecule has 1 aromatic heterocycles. The van der Waals surface area contributed by atoms with Crippen molar-refractivity contribution >= 4 is 28.9 Å². The van der Waals surface area contributed by atoms with Gasteiger partial charge in [-0.05, 0) is 51.1 Å². The fourth-order valence-corrected chi connectivity index (χ4v) is 2.23. The Hall–Kier alpha value is -2.07. The van der Waals surface area contributed by atoms with Gasteiger partial charge in [-0.15, -0.1) is 0 Å². The molecule has 0 aliphatic carbocycles. The second-order valence-electron chi connectivity index (χ2n) is 4.76. The minimum Gasteiger partial charge on any atom is -0.385 e. The molecule has 0 fully saturated rings. The average molecular weight is 304 g/mol. The summed E-state index contributed by atoms with van der Waals surface area (Å²) in [6.07, 6.45) is 0. The fraction of sp³-hybridized carbons (Fsp3) is 0.250. The molecule has 4 nitrogen and oxygen atoms in total. The number of nitrogens with zero attached hydrogens (tertiary/aromatic N) is 1. The van der Waals surface area contributed by atoms with E-state index < -0.39 is 0 Å². The Balaban J connectivity index is 2.29. The van der Waals surface area contributed by atoms with Gasteiger partial charge in [0, 0.05) is 22.9 Å². The first-order valence-electron chi connectivity index (χ1n) is 6.80. The van der Waals surface area contributed by atoms with Crippen molar-refractivity contribution in [3.8, 4) is 0 Å². The largest absolute Gasteiger partial charge is 0.385 e. The molecular formula is C16H18ClN3O. The smallest absolute Gasteiger partial charge is 0.257 e. The summed E-state index contributed by atoms with van der Waals surface area (Å²) in [5.41, 5.74) is 3.69.